The van der Waals surface area contributed by atoms with Gasteiger partial charge in [-0.05, 0) is 69.1 Å². The smallest absolute Gasteiger partial charge is 0.119 e. The minimum absolute atomic E-state index is 0.618. The van der Waals surface area contributed by atoms with Gasteiger partial charge in [-0.2, -0.15) is 0 Å². The van der Waals surface area contributed by atoms with Gasteiger partial charge in [0.2, 0.25) is 0 Å². The lowest BCUT2D eigenvalue weighted by molar-refractivity contribution is 0.159. The quantitative estimate of drug-likeness (QED) is 0.667. The number of hydrogen-bond acceptors (Lipinski definition) is 3. The van der Waals surface area contributed by atoms with Gasteiger partial charge in [0.15, 0.2) is 0 Å². The van der Waals surface area contributed by atoms with Crippen molar-refractivity contribution in [2.45, 2.75) is 51.8 Å². The van der Waals surface area contributed by atoms with Crippen LogP contribution in [0.5, 0.6) is 5.75 Å². The van der Waals surface area contributed by atoms with E-state index in [9.17, 15) is 0 Å². The first-order valence-electron chi connectivity index (χ1n) is 10.0. The Hall–Kier alpha value is -1.84. The van der Waals surface area contributed by atoms with Crippen molar-refractivity contribution in [2.75, 3.05) is 19.6 Å². The van der Waals surface area contributed by atoms with Gasteiger partial charge in [0.25, 0.3) is 0 Å². The normalized spacial score (nSPS) is 18.0. The fourth-order valence-corrected chi connectivity index (χ4v) is 3.57. The predicted molar refractivity (Wildman–Crippen MR) is 108 cm³/mol. The van der Waals surface area contributed by atoms with Crippen LogP contribution in [0.1, 0.15) is 43.7 Å². The molecular weight excluding hydrogens is 320 g/mol. The summed E-state index contributed by atoms with van der Waals surface area (Å²) in [7, 11) is 0. The Balaban J connectivity index is 1.31. The molecule has 0 saturated carbocycles. The molecule has 0 amide bonds. The SMILES string of the molecule is C[C@H]1CCCCN1CCCNCc1ccc(OCc2ccccc2)cc1. The fraction of sp³-hybridized carbons (Fsp3) is 0.478. The van der Waals surface area contributed by atoms with E-state index in [2.05, 4.69) is 53.5 Å². The Morgan fingerprint density at radius 3 is 2.58 bits per heavy atom. The number of hydrogen-bond donors (Lipinski definition) is 1. The molecule has 26 heavy (non-hydrogen) atoms. The summed E-state index contributed by atoms with van der Waals surface area (Å²) in [6.07, 6.45) is 5.37. The Bertz CT molecular complexity index is 626. The molecule has 1 N–H and O–H groups in total. The van der Waals surface area contributed by atoms with Gasteiger partial charge >= 0.3 is 0 Å². The molecule has 3 rings (SSSR count). The van der Waals surface area contributed by atoms with E-state index >= 15 is 0 Å². The van der Waals surface area contributed by atoms with Gasteiger partial charge in [-0.3, -0.25) is 0 Å². The number of ether oxygens (including phenoxy) is 1. The standard InChI is InChI=1S/C23H32N2O/c1-20-8-5-6-16-25(20)17-7-15-24-18-21-11-13-23(14-12-21)26-19-22-9-3-2-4-10-22/h2-4,9-14,20,24H,5-8,15-19H2,1H3/t20-/m0/s1. The second-order valence-electron chi connectivity index (χ2n) is 7.33. The van der Waals surface area contributed by atoms with Gasteiger partial charge < -0.3 is 15.0 Å². The van der Waals surface area contributed by atoms with Crippen molar-refractivity contribution < 1.29 is 4.74 Å². The highest BCUT2D eigenvalue weighted by Gasteiger charge is 2.16. The first-order valence-corrected chi connectivity index (χ1v) is 10.0. The highest BCUT2D eigenvalue weighted by Crippen LogP contribution is 2.16. The molecule has 0 bridgehead atoms. The number of likely N-dealkylation sites (tertiary alicyclic amines) is 1. The number of rotatable bonds is 9. The largest absolute Gasteiger partial charge is 0.489 e. The molecule has 0 aromatic heterocycles. The third-order valence-electron chi connectivity index (χ3n) is 5.24. The van der Waals surface area contributed by atoms with E-state index in [-0.39, 0.29) is 0 Å². The van der Waals surface area contributed by atoms with Crippen LogP contribution >= 0.6 is 0 Å². The van der Waals surface area contributed by atoms with Crippen LogP contribution in [0.15, 0.2) is 54.6 Å². The maximum atomic E-state index is 5.84. The number of benzene rings is 2. The molecule has 0 spiro atoms. The zero-order valence-electron chi connectivity index (χ0n) is 16.0. The lowest BCUT2D eigenvalue weighted by Crippen LogP contribution is -2.38. The van der Waals surface area contributed by atoms with Gasteiger partial charge in [-0.1, -0.05) is 48.9 Å². The maximum Gasteiger partial charge on any atom is 0.119 e. The Morgan fingerprint density at radius 2 is 1.81 bits per heavy atom. The first kappa shape index (κ1) is 18.9. The van der Waals surface area contributed by atoms with Crippen molar-refractivity contribution in [1.82, 2.24) is 10.2 Å². The second kappa shape index (κ2) is 10.3. The molecule has 1 aliphatic heterocycles. The highest BCUT2D eigenvalue weighted by atomic mass is 16.5. The van der Waals surface area contributed by atoms with Gasteiger partial charge in [-0.25, -0.2) is 0 Å². The van der Waals surface area contributed by atoms with E-state index in [1.807, 2.05) is 18.2 Å². The zero-order valence-corrected chi connectivity index (χ0v) is 16.0. The van der Waals surface area contributed by atoms with Crippen LogP contribution < -0.4 is 10.1 Å². The molecule has 2 aromatic rings. The third kappa shape index (κ3) is 6.15. The van der Waals surface area contributed by atoms with E-state index in [1.54, 1.807) is 0 Å². The summed E-state index contributed by atoms with van der Waals surface area (Å²) in [5.74, 6) is 0.927. The van der Waals surface area contributed by atoms with Crippen molar-refractivity contribution >= 4 is 0 Å². The van der Waals surface area contributed by atoms with E-state index in [0.717, 1.165) is 24.9 Å². The summed E-state index contributed by atoms with van der Waals surface area (Å²) in [4.78, 5) is 2.64. The minimum Gasteiger partial charge on any atom is -0.489 e. The lowest BCUT2D eigenvalue weighted by Gasteiger charge is -2.33. The molecule has 2 aromatic carbocycles. The molecule has 1 fully saturated rings. The Kier molecular flexibility index (Phi) is 7.53. The van der Waals surface area contributed by atoms with E-state index in [1.165, 1.54) is 49.9 Å². The molecular formula is C23H32N2O. The number of piperidine rings is 1. The topological polar surface area (TPSA) is 24.5 Å². The molecule has 0 unspecified atom stereocenters. The van der Waals surface area contributed by atoms with Gasteiger partial charge in [-0.15, -0.1) is 0 Å². The van der Waals surface area contributed by atoms with Crippen molar-refractivity contribution in [3.05, 3.63) is 65.7 Å². The Labute approximate surface area is 158 Å². The first-order chi connectivity index (χ1) is 12.8. The maximum absolute atomic E-state index is 5.84. The molecule has 1 aliphatic rings. The predicted octanol–water partition coefficient (Wildman–Crippen LogP) is 4.62. The van der Waals surface area contributed by atoms with Gasteiger partial charge in [0.1, 0.15) is 12.4 Å². The highest BCUT2D eigenvalue weighted by molar-refractivity contribution is 5.27. The summed E-state index contributed by atoms with van der Waals surface area (Å²) in [5, 5.41) is 3.57. The monoisotopic (exact) mass is 352 g/mol. The molecule has 0 radical (unpaired) electrons. The fourth-order valence-electron chi connectivity index (χ4n) is 3.57. The van der Waals surface area contributed by atoms with Crippen molar-refractivity contribution in [3.63, 3.8) is 0 Å². The summed E-state index contributed by atoms with van der Waals surface area (Å²) in [5.41, 5.74) is 2.50. The lowest BCUT2D eigenvalue weighted by atomic mass is 10.0. The van der Waals surface area contributed by atoms with Crippen LogP contribution in [-0.4, -0.2) is 30.6 Å². The Morgan fingerprint density at radius 1 is 1.00 bits per heavy atom. The van der Waals surface area contributed by atoms with E-state index in [0.29, 0.717) is 6.61 Å². The molecule has 1 atom stereocenters. The summed E-state index contributed by atoms with van der Waals surface area (Å²) >= 11 is 0. The number of nitrogens with one attached hydrogen (secondary N) is 1. The summed E-state index contributed by atoms with van der Waals surface area (Å²) in [6, 6.07) is 19.5. The van der Waals surface area contributed by atoms with E-state index < -0.39 is 0 Å². The zero-order chi connectivity index (χ0) is 18.0. The van der Waals surface area contributed by atoms with Crippen molar-refractivity contribution in [3.8, 4) is 5.75 Å². The molecule has 3 heteroatoms. The minimum atomic E-state index is 0.618. The molecule has 0 aliphatic carbocycles. The van der Waals surface area contributed by atoms with Crippen LogP contribution in [0.3, 0.4) is 0 Å². The van der Waals surface area contributed by atoms with Crippen molar-refractivity contribution in [1.29, 1.82) is 0 Å². The van der Waals surface area contributed by atoms with Crippen LogP contribution in [0.2, 0.25) is 0 Å². The summed E-state index contributed by atoms with van der Waals surface area (Å²) < 4.78 is 5.84. The van der Waals surface area contributed by atoms with Crippen molar-refractivity contribution in [2.24, 2.45) is 0 Å². The molecule has 140 valence electrons. The molecule has 1 heterocycles. The average molecular weight is 353 g/mol. The summed E-state index contributed by atoms with van der Waals surface area (Å²) in [6.45, 7) is 7.50. The van der Waals surface area contributed by atoms with Crippen LogP contribution in [0, 0.1) is 0 Å². The molecule has 3 nitrogen and oxygen atoms in total. The third-order valence-corrected chi connectivity index (χ3v) is 5.24. The molecule has 1 saturated heterocycles. The second-order valence-corrected chi connectivity index (χ2v) is 7.33. The number of nitrogens with zero attached hydrogens (tertiary/aromatic N) is 1. The van der Waals surface area contributed by atoms with Gasteiger partial charge in [0, 0.05) is 12.6 Å². The van der Waals surface area contributed by atoms with Crippen LogP contribution in [0.25, 0.3) is 0 Å². The van der Waals surface area contributed by atoms with Crippen LogP contribution in [0.4, 0.5) is 0 Å². The van der Waals surface area contributed by atoms with Crippen LogP contribution in [-0.2, 0) is 13.2 Å². The van der Waals surface area contributed by atoms with Gasteiger partial charge in [0.05, 0.1) is 0 Å². The average Bonchev–Trinajstić information content (AvgIpc) is 2.69. The van der Waals surface area contributed by atoms with E-state index in [4.69, 9.17) is 4.74 Å².